The second kappa shape index (κ2) is 10.8. The lowest BCUT2D eigenvalue weighted by molar-refractivity contribution is -0.132. The summed E-state index contributed by atoms with van der Waals surface area (Å²) in [5.41, 5.74) is 5.07. The molecule has 3 aromatic rings. The topological polar surface area (TPSA) is 71.5 Å². The number of hydrogen-bond acceptors (Lipinski definition) is 5. The molecule has 34 heavy (non-hydrogen) atoms. The first-order valence-electron chi connectivity index (χ1n) is 11.8. The van der Waals surface area contributed by atoms with Crippen LogP contribution in [0.3, 0.4) is 0 Å². The summed E-state index contributed by atoms with van der Waals surface area (Å²) >= 11 is 1.42. The first-order valence-corrected chi connectivity index (χ1v) is 12.7. The lowest BCUT2D eigenvalue weighted by atomic mass is 9.87. The van der Waals surface area contributed by atoms with Crippen molar-refractivity contribution >= 4 is 23.2 Å². The number of nitrogens with zero attached hydrogens (tertiary/aromatic N) is 2. The molecule has 1 aliphatic heterocycles. The van der Waals surface area contributed by atoms with Gasteiger partial charge in [-0.15, -0.1) is 11.3 Å². The van der Waals surface area contributed by atoms with E-state index in [1.807, 2.05) is 24.8 Å². The third-order valence-corrected chi connectivity index (χ3v) is 6.87. The van der Waals surface area contributed by atoms with E-state index in [0.29, 0.717) is 25.2 Å². The van der Waals surface area contributed by atoms with Crippen LogP contribution in [0.4, 0.5) is 0 Å². The summed E-state index contributed by atoms with van der Waals surface area (Å²) < 4.78 is 6.07. The minimum Gasteiger partial charge on any atom is -0.486 e. The van der Waals surface area contributed by atoms with Crippen molar-refractivity contribution in [2.75, 3.05) is 13.1 Å². The van der Waals surface area contributed by atoms with Gasteiger partial charge in [-0.1, -0.05) is 49.7 Å². The molecule has 1 atom stereocenters. The van der Waals surface area contributed by atoms with Crippen molar-refractivity contribution in [2.24, 2.45) is 0 Å². The molecule has 4 rings (SSSR count). The molecular weight excluding hydrogens is 446 g/mol. The highest BCUT2D eigenvalue weighted by Crippen LogP contribution is 2.37. The molecule has 2 heterocycles. The zero-order valence-electron chi connectivity index (χ0n) is 20.0. The molecule has 1 aromatic heterocycles. The quantitative estimate of drug-likeness (QED) is 0.493. The Morgan fingerprint density at radius 2 is 1.97 bits per heavy atom. The summed E-state index contributed by atoms with van der Waals surface area (Å²) in [4.78, 5) is 31.3. The van der Waals surface area contributed by atoms with Gasteiger partial charge in [0.2, 0.25) is 5.91 Å². The monoisotopic (exact) mass is 477 g/mol. The van der Waals surface area contributed by atoms with Crippen LogP contribution in [0.2, 0.25) is 0 Å². The van der Waals surface area contributed by atoms with Crippen molar-refractivity contribution in [2.45, 2.75) is 52.7 Å². The Morgan fingerprint density at radius 3 is 2.71 bits per heavy atom. The minimum absolute atomic E-state index is 0.130. The number of hydrogen-bond donors (Lipinski definition) is 1. The molecule has 0 fully saturated rings. The first-order chi connectivity index (χ1) is 16.5. The van der Waals surface area contributed by atoms with Crippen LogP contribution >= 0.6 is 11.3 Å². The highest BCUT2D eigenvalue weighted by Gasteiger charge is 2.31. The molecule has 0 spiro atoms. The summed E-state index contributed by atoms with van der Waals surface area (Å²) in [6, 6.07) is 14.4. The number of aromatic nitrogens is 1. The standard InChI is InChI=1S/C27H31N3O3S/c1-4-13-28-27(32)23-17-34-24(29-23)16-33-21-11-10-19-12-14-30(25(31)5-2)26(22(19)15-21)20-8-6-18(3)7-9-20/h6-11,15,17,26H,4-5,12-14,16H2,1-3H3,(H,28,32). The molecule has 1 aliphatic rings. The largest absolute Gasteiger partial charge is 0.486 e. The fraction of sp³-hybridized carbons (Fsp3) is 0.370. The summed E-state index contributed by atoms with van der Waals surface area (Å²) in [6.45, 7) is 7.63. The van der Waals surface area contributed by atoms with Gasteiger partial charge in [-0.3, -0.25) is 9.59 Å². The molecule has 2 amide bonds. The molecule has 0 radical (unpaired) electrons. The Morgan fingerprint density at radius 1 is 1.18 bits per heavy atom. The molecule has 7 heteroatoms. The van der Waals surface area contributed by atoms with Crippen molar-refractivity contribution in [3.63, 3.8) is 0 Å². The number of carbonyl (C=O) groups excluding carboxylic acids is 2. The SMILES string of the molecule is CCCNC(=O)c1csc(COc2ccc3c(c2)C(c2ccc(C)cc2)N(C(=O)CC)CC3)n1. The van der Waals surface area contributed by atoms with E-state index in [1.54, 1.807) is 5.38 Å². The Bertz CT molecular complexity index is 1160. The van der Waals surface area contributed by atoms with Crippen LogP contribution in [0.25, 0.3) is 0 Å². The number of amides is 2. The molecule has 6 nitrogen and oxygen atoms in total. The van der Waals surface area contributed by atoms with Crippen LogP contribution in [-0.4, -0.2) is 34.8 Å². The average molecular weight is 478 g/mol. The molecule has 2 aromatic carbocycles. The van der Waals surface area contributed by atoms with Gasteiger partial charge in [-0.2, -0.15) is 0 Å². The van der Waals surface area contributed by atoms with Gasteiger partial charge in [0.1, 0.15) is 23.1 Å². The highest BCUT2D eigenvalue weighted by molar-refractivity contribution is 7.09. The van der Waals surface area contributed by atoms with E-state index in [2.05, 4.69) is 53.6 Å². The van der Waals surface area contributed by atoms with Crippen LogP contribution in [0.5, 0.6) is 5.75 Å². The fourth-order valence-electron chi connectivity index (χ4n) is 4.22. The van der Waals surface area contributed by atoms with E-state index < -0.39 is 0 Å². The number of fused-ring (bicyclic) bond motifs is 1. The summed E-state index contributed by atoms with van der Waals surface area (Å²) in [6.07, 6.45) is 2.19. The van der Waals surface area contributed by atoms with E-state index in [9.17, 15) is 9.59 Å². The van der Waals surface area contributed by atoms with Gasteiger partial charge in [-0.25, -0.2) is 4.98 Å². The molecule has 1 N–H and O–H groups in total. The maximum absolute atomic E-state index is 12.8. The third kappa shape index (κ3) is 5.30. The van der Waals surface area contributed by atoms with E-state index in [-0.39, 0.29) is 24.5 Å². The number of nitrogens with one attached hydrogen (secondary N) is 1. The number of carbonyl (C=O) groups is 2. The third-order valence-electron chi connectivity index (χ3n) is 6.04. The second-order valence-electron chi connectivity index (χ2n) is 8.54. The van der Waals surface area contributed by atoms with E-state index >= 15 is 0 Å². The normalized spacial score (nSPS) is 15.0. The van der Waals surface area contributed by atoms with Crippen LogP contribution in [0, 0.1) is 6.92 Å². The smallest absolute Gasteiger partial charge is 0.270 e. The van der Waals surface area contributed by atoms with Crippen molar-refractivity contribution in [3.8, 4) is 5.75 Å². The van der Waals surface area contributed by atoms with Crippen molar-refractivity contribution < 1.29 is 14.3 Å². The predicted octanol–water partition coefficient (Wildman–Crippen LogP) is 5.05. The molecule has 0 saturated heterocycles. The number of ether oxygens (including phenoxy) is 1. The summed E-state index contributed by atoms with van der Waals surface area (Å²) in [5, 5.41) is 5.35. The Hall–Kier alpha value is -3.19. The maximum atomic E-state index is 12.8. The molecule has 0 saturated carbocycles. The lowest BCUT2D eigenvalue weighted by Gasteiger charge is -2.38. The molecule has 0 aliphatic carbocycles. The van der Waals surface area contributed by atoms with Gasteiger partial charge >= 0.3 is 0 Å². The highest BCUT2D eigenvalue weighted by atomic mass is 32.1. The fourth-order valence-corrected chi connectivity index (χ4v) is 4.90. The van der Waals surface area contributed by atoms with Crippen LogP contribution in [-0.2, 0) is 17.8 Å². The number of aryl methyl sites for hydroxylation is 1. The average Bonchev–Trinajstić information content (AvgIpc) is 3.34. The minimum atomic E-state index is -0.153. The number of rotatable bonds is 8. The van der Waals surface area contributed by atoms with Gasteiger partial charge in [-0.05, 0) is 48.6 Å². The molecule has 0 bridgehead atoms. The number of benzene rings is 2. The Labute approximate surface area is 205 Å². The maximum Gasteiger partial charge on any atom is 0.270 e. The Kier molecular flexibility index (Phi) is 7.63. The zero-order valence-corrected chi connectivity index (χ0v) is 20.8. The first kappa shape index (κ1) is 24.0. The van der Waals surface area contributed by atoms with Gasteiger partial charge in [0.05, 0.1) is 6.04 Å². The van der Waals surface area contributed by atoms with Crippen molar-refractivity contribution in [3.05, 3.63) is 80.8 Å². The molecule has 178 valence electrons. The van der Waals surface area contributed by atoms with Gasteiger partial charge in [0.15, 0.2) is 0 Å². The van der Waals surface area contributed by atoms with E-state index in [0.717, 1.165) is 34.7 Å². The zero-order chi connectivity index (χ0) is 24.1. The van der Waals surface area contributed by atoms with Gasteiger partial charge in [0, 0.05) is 24.9 Å². The summed E-state index contributed by atoms with van der Waals surface area (Å²) in [5.74, 6) is 0.729. The summed E-state index contributed by atoms with van der Waals surface area (Å²) in [7, 11) is 0. The molecule has 1 unspecified atom stereocenters. The van der Waals surface area contributed by atoms with Crippen molar-refractivity contribution in [1.29, 1.82) is 0 Å². The second-order valence-corrected chi connectivity index (χ2v) is 9.48. The lowest BCUT2D eigenvalue weighted by Crippen LogP contribution is -2.40. The van der Waals surface area contributed by atoms with E-state index in [4.69, 9.17) is 4.74 Å². The number of thiazole rings is 1. The van der Waals surface area contributed by atoms with Crippen LogP contribution in [0.1, 0.15) is 70.5 Å². The Balaban J connectivity index is 1.56. The van der Waals surface area contributed by atoms with Crippen molar-refractivity contribution in [1.82, 2.24) is 15.2 Å². The van der Waals surface area contributed by atoms with Crippen LogP contribution in [0.15, 0.2) is 47.8 Å². The van der Waals surface area contributed by atoms with Gasteiger partial charge < -0.3 is 15.0 Å². The van der Waals surface area contributed by atoms with Crippen LogP contribution < -0.4 is 10.1 Å². The predicted molar refractivity (Wildman–Crippen MR) is 134 cm³/mol. The van der Waals surface area contributed by atoms with Gasteiger partial charge in [0.25, 0.3) is 5.91 Å². The molecular formula is C27H31N3O3S. The van der Waals surface area contributed by atoms with E-state index in [1.165, 1.54) is 22.5 Å².